The van der Waals surface area contributed by atoms with Gasteiger partial charge in [-0.25, -0.2) is 17.5 Å². The minimum absolute atomic E-state index is 0.177. The van der Waals surface area contributed by atoms with Crippen molar-refractivity contribution in [2.24, 2.45) is 0 Å². The highest BCUT2D eigenvalue weighted by molar-refractivity contribution is 7.89. The zero-order valence-electron chi connectivity index (χ0n) is 12.9. The first-order valence-electron chi connectivity index (χ1n) is 7.76. The summed E-state index contributed by atoms with van der Waals surface area (Å²) in [6.07, 6.45) is -0.267. The number of rotatable bonds is 2. The van der Waals surface area contributed by atoms with Crippen LogP contribution in [0, 0.1) is 5.82 Å². The predicted molar refractivity (Wildman–Crippen MR) is 86.6 cm³/mol. The minimum atomic E-state index is -3.60. The Morgan fingerprint density at radius 3 is 2.83 bits per heavy atom. The van der Waals surface area contributed by atoms with Crippen molar-refractivity contribution in [3.63, 3.8) is 0 Å². The Labute approximate surface area is 140 Å². The van der Waals surface area contributed by atoms with Crippen LogP contribution in [0.5, 0.6) is 5.75 Å². The number of hydrogen-bond donors (Lipinski definition) is 1. The fraction of sp³-hybridized carbons (Fsp3) is 0.294. The molecule has 0 saturated carbocycles. The molecular formula is C17H17FN2O3S. The highest BCUT2D eigenvalue weighted by atomic mass is 32.2. The van der Waals surface area contributed by atoms with Crippen molar-refractivity contribution in [2.75, 3.05) is 13.1 Å². The summed E-state index contributed by atoms with van der Waals surface area (Å²) in [4.78, 5) is 2.25. The average molecular weight is 348 g/mol. The van der Waals surface area contributed by atoms with Gasteiger partial charge < -0.3 is 4.74 Å². The molecule has 0 aliphatic carbocycles. The summed E-state index contributed by atoms with van der Waals surface area (Å²) in [6.45, 7) is 1.66. The second-order valence-corrected chi connectivity index (χ2v) is 7.84. The summed E-state index contributed by atoms with van der Waals surface area (Å²) in [5.41, 5.74) is 0.856. The Bertz CT molecular complexity index is 872. The van der Waals surface area contributed by atoms with Crippen LogP contribution in [0.2, 0.25) is 0 Å². The largest absolute Gasteiger partial charge is 0.486 e. The molecule has 24 heavy (non-hydrogen) atoms. The summed E-state index contributed by atoms with van der Waals surface area (Å²) in [5, 5.41) is 0. The number of nitrogens with zero attached hydrogens (tertiary/aromatic N) is 1. The molecule has 1 fully saturated rings. The van der Waals surface area contributed by atoms with E-state index in [1.54, 1.807) is 30.3 Å². The number of ether oxygens (including phenoxy) is 1. The molecule has 0 radical (unpaired) electrons. The van der Waals surface area contributed by atoms with Gasteiger partial charge in [-0.3, -0.25) is 4.90 Å². The molecule has 0 amide bonds. The molecular weight excluding hydrogens is 331 g/mol. The van der Waals surface area contributed by atoms with Crippen molar-refractivity contribution >= 4 is 10.0 Å². The molecule has 0 bridgehead atoms. The van der Waals surface area contributed by atoms with E-state index in [2.05, 4.69) is 9.62 Å². The van der Waals surface area contributed by atoms with Gasteiger partial charge in [-0.2, -0.15) is 0 Å². The molecule has 126 valence electrons. The Kier molecular flexibility index (Phi) is 3.79. The van der Waals surface area contributed by atoms with E-state index in [4.69, 9.17) is 4.74 Å². The molecule has 7 heteroatoms. The molecule has 2 heterocycles. The third-order valence-electron chi connectivity index (χ3n) is 4.36. The summed E-state index contributed by atoms with van der Waals surface area (Å²) in [5.74, 6) is 0.108. The van der Waals surface area contributed by atoms with E-state index in [0.717, 1.165) is 5.56 Å². The zero-order valence-corrected chi connectivity index (χ0v) is 13.7. The number of hydrogen-bond acceptors (Lipinski definition) is 4. The second kappa shape index (κ2) is 5.84. The highest BCUT2D eigenvalue weighted by Crippen LogP contribution is 2.31. The topological polar surface area (TPSA) is 58.6 Å². The first-order chi connectivity index (χ1) is 11.5. The Morgan fingerprint density at radius 2 is 2.00 bits per heavy atom. The first kappa shape index (κ1) is 15.6. The van der Waals surface area contributed by atoms with Crippen LogP contribution in [0.4, 0.5) is 4.39 Å². The molecule has 2 aliphatic rings. The Morgan fingerprint density at radius 1 is 1.17 bits per heavy atom. The van der Waals surface area contributed by atoms with Gasteiger partial charge in [0.25, 0.3) is 0 Å². The predicted octanol–water partition coefficient (Wildman–Crippen LogP) is 1.75. The Hall–Kier alpha value is -1.96. The lowest BCUT2D eigenvalue weighted by Gasteiger charge is -2.17. The molecule has 1 saturated heterocycles. The minimum Gasteiger partial charge on any atom is -0.486 e. The van der Waals surface area contributed by atoms with Gasteiger partial charge in [-0.1, -0.05) is 24.3 Å². The van der Waals surface area contributed by atoms with E-state index in [1.807, 2.05) is 6.07 Å². The molecule has 0 unspecified atom stereocenters. The number of nitrogens with one attached hydrogen (secondary N) is 1. The van der Waals surface area contributed by atoms with Gasteiger partial charge in [-0.15, -0.1) is 0 Å². The molecule has 4 rings (SSSR count). The fourth-order valence-corrected chi connectivity index (χ4v) is 4.69. The monoisotopic (exact) mass is 348 g/mol. The van der Waals surface area contributed by atoms with E-state index in [0.29, 0.717) is 25.4 Å². The van der Waals surface area contributed by atoms with E-state index >= 15 is 0 Å². The van der Waals surface area contributed by atoms with Crippen LogP contribution in [0.25, 0.3) is 0 Å². The fourth-order valence-electron chi connectivity index (χ4n) is 3.30. The lowest BCUT2D eigenvalue weighted by Crippen LogP contribution is -2.42. The van der Waals surface area contributed by atoms with Crippen LogP contribution in [-0.2, 0) is 16.6 Å². The van der Waals surface area contributed by atoms with Crippen LogP contribution < -0.4 is 9.46 Å². The van der Waals surface area contributed by atoms with Crippen molar-refractivity contribution in [3.05, 3.63) is 59.9 Å². The van der Waals surface area contributed by atoms with Crippen LogP contribution in [0.1, 0.15) is 5.56 Å². The molecule has 2 aliphatic heterocycles. The van der Waals surface area contributed by atoms with E-state index in [-0.39, 0.29) is 22.9 Å². The van der Waals surface area contributed by atoms with Gasteiger partial charge in [0.05, 0.1) is 6.04 Å². The standard InChI is InChI=1S/C17H17FN2O3S/c18-13-5-3-4-12(8-13)9-20-10-14-16(11-20)23-15-6-1-2-7-17(15)24(21,22)19-14/h1-8,14,16,19H,9-11H2/t14-,16+/m1/s1. The van der Waals surface area contributed by atoms with E-state index in [1.165, 1.54) is 12.1 Å². The van der Waals surface area contributed by atoms with Gasteiger partial charge in [0.1, 0.15) is 22.6 Å². The van der Waals surface area contributed by atoms with Crippen LogP contribution in [-0.4, -0.2) is 38.6 Å². The number of sulfonamides is 1. The number of benzene rings is 2. The molecule has 5 nitrogen and oxygen atoms in total. The van der Waals surface area contributed by atoms with Crippen molar-refractivity contribution in [2.45, 2.75) is 23.6 Å². The summed E-state index contributed by atoms with van der Waals surface area (Å²) >= 11 is 0. The smallest absolute Gasteiger partial charge is 0.244 e. The molecule has 2 aromatic carbocycles. The van der Waals surface area contributed by atoms with Gasteiger partial charge in [-0.05, 0) is 29.8 Å². The molecule has 0 spiro atoms. The van der Waals surface area contributed by atoms with Crippen LogP contribution in [0.3, 0.4) is 0 Å². The van der Waals surface area contributed by atoms with Gasteiger partial charge in [0, 0.05) is 19.6 Å². The first-order valence-corrected chi connectivity index (χ1v) is 9.24. The van der Waals surface area contributed by atoms with Crippen molar-refractivity contribution in [1.82, 2.24) is 9.62 Å². The SMILES string of the molecule is O=S1(=O)N[C@@H]2CN(Cc3cccc(F)c3)C[C@@H]2Oc2ccccc21. The lowest BCUT2D eigenvalue weighted by molar-refractivity contribution is 0.184. The second-order valence-electron chi connectivity index (χ2n) is 6.15. The Balaban J connectivity index is 1.56. The van der Waals surface area contributed by atoms with Crippen molar-refractivity contribution < 1.29 is 17.5 Å². The van der Waals surface area contributed by atoms with E-state index < -0.39 is 10.0 Å². The van der Waals surface area contributed by atoms with Crippen LogP contribution in [0.15, 0.2) is 53.4 Å². The molecule has 1 N–H and O–H groups in total. The van der Waals surface area contributed by atoms with Gasteiger partial charge >= 0.3 is 0 Å². The number of para-hydroxylation sites is 1. The third kappa shape index (κ3) is 2.90. The lowest BCUT2D eigenvalue weighted by atomic mass is 10.2. The van der Waals surface area contributed by atoms with Gasteiger partial charge in [0.2, 0.25) is 10.0 Å². The van der Waals surface area contributed by atoms with Crippen molar-refractivity contribution in [3.8, 4) is 5.75 Å². The number of fused-ring (bicyclic) bond motifs is 2. The average Bonchev–Trinajstić information content (AvgIpc) is 2.83. The molecule has 2 aromatic rings. The highest BCUT2D eigenvalue weighted by Gasteiger charge is 2.40. The maximum Gasteiger partial charge on any atom is 0.244 e. The molecule has 2 atom stereocenters. The van der Waals surface area contributed by atoms with Gasteiger partial charge in [0.15, 0.2) is 0 Å². The van der Waals surface area contributed by atoms with E-state index in [9.17, 15) is 12.8 Å². The quantitative estimate of drug-likeness (QED) is 0.898. The van der Waals surface area contributed by atoms with Crippen molar-refractivity contribution in [1.29, 1.82) is 0 Å². The zero-order chi connectivity index (χ0) is 16.7. The number of halogens is 1. The maximum absolute atomic E-state index is 13.3. The maximum atomic E-state index is 13.3. The number of likely N-dealkylation sites (tertiary alicyclic amines) is 1. The summed E-state index contributed by atoms with van der Waals surface area (Å²) < 4.78 is 47.0. The van der Waals surface area contributed by atoms with Crippen LogP contribution >= 0.6 is 0 Å². The molecule has 0 aromatic heterocycles. The summed E-state index contributed by atoms with van der Waals surface area (Å²) in [6, 6.07) is 12.8. The third-order valence-corrected chi connectivity index (χ3v) is 5.89. The summed E-state index contributed by atoms with van der Waals surface area (Å²) in [7, 11) is -3.60. The normalized spacial score (nSPS) is 25.4.